The van der Waals surface area contributed by atoms with Crippen LogP contribution in [0.2, 0.25) is 0 Å². The number of nitrogens with one attached hydrogen (secondary N) is 1. The monoisotopic (exact) mass is 353 g/mol. The number of carbonyl (C=O) groups excluding carboxylic acids is 1. The normalized spacial score (nSPS) is 22.0. The van der Waals surface area contributed by atoms with Gasteiger partial charge in [0.2, 0.25) is 0 Å². The number of ether oxygens (including phenoxy) is 1. The Bertz CT molecular complexity index is 482. The molecular weight excluding hydrogens is 330 g/mol. The van der Waals surface area contributed by atoms with E-state index < -0.39 is 0 Å². The minimum Gasteiger partial charge on any atom is -0.465 e. The van der Waals surface area contributed by atoms with Crippen molar-refractivity contribution >= 4 is 21.9 Å². The van der Waals surface area contributed by atoms with Crippen molar-refractivity contribution in [1.29, 1.82) is 0 Å². The van der Waals surface area contributed by atoms with Crippen molar-refractivity contribution in [1.82, 2.24) is 5.32 Å². The maximum Gasteiger partial charge on any atom is 0.337 e. The van der Waals surface area contributed by atoms with Crippen molar-refractivity contribution < 1.29 is 9.53 Å². The Morgan fingerprint density at radius 2 is 2.05 bits per heavy atom. The molecule has 0 atom stereocenters. The number of carbonyl (C=O) groups is 1. The molecule has 0 amide bonds. The summed E-state index contributed by atoms with van der Waals surface area (Å²) in [4.78, 5) is 11.5. The number of halogens is 1. The van der Waals surface area contributed by atoms with Gasteiger partial charge in [0.25, 0.3) is 0 Å². The van der Waals surface area contributed by atoms with Gasteiger partial charge in [-0.05, 0) is 49.3 Å². The van der Waals surface area contributed by atoms with Crippen molar-refractivity contribution in [2.75, 3.05) is 7.11 Å². The molecule has 116 valence electrons. The highest BCUT2D eigenvalue weighted by Crippen LogP contribution is 2.27. The molecule has 3 nitrogen and oxygen atoms in total. The molecule has 0 spiro atoms. The summed E-state index contributed by atoms with van der Waals surface area (Å²) in [5.41, 5.74) is 1.76. The number of benzene rings is 1. The Morgan fingerprint density at radius 1 is 1.33 bits per heavy atom. The lowest BCUT2D eigenvalue weighted by Gasteiger charge is -2.28. The molecule has 0 bridgehead atoms. The van der Waals surface area contributed by atoms with Crippen molar-refractivity contribution in [2.45, 2.75) is 51.6 Å². The molecule has 0 unspecified atom stereocenters. The van der Waals surface area contributed by atoms with Gasteiger partial charge in [0, 0.05) is 17.1 Å². The zero-order valence-corrected chi connectivity index (χ0v) is 14.4. The van der Waals surface area contributed by atoms with E-state index in [9.17, 15) is 4.79 Å². The number of esters is 1. The third kappa shape index (κ3) is 4.55. The SMILES string of the molecule is CCC1CCC(NCc2ccc(C(=O)OC)cc2Br)CC1. The third-order valence-electron chi connectivity index (χ3n) is 4.48. The van der Waals surface area contributed by atoms with Crippen LogP contribution in [0.25, 0.3) is 0 Å². The van der Waals surface area contributed by atoms with Crippen LogP contribution in [-0.2, 0) is 11.3 Å². The molecule has 1 aromatic rings. The van der Waals surface area contributed by atoms with Crippen LogP contribution in [0.4, 0.5) is 0 Å². The molecule has 1 aliphatic rings. The van der Waals surface area contributed by atoms with Gasteiger partial charge in [-0.25, -0.2) is 4.79 Å². The van der Waals surface area contributed by atoms with Crippen LogP contribution in [0, 0.1) is 5.92 Å². The molecule has 1 fully saturated rings. The first-order valence-corrected chi connectivity index (χ1v) is 8.53. The second kappa shape index (κ2) is 7.95. The standard InChI is InChI=1S/C17H24BrNO2/c1-3-12-4-8-15(9-5-12)19-11-14-7-6-13(10-16(14)18)17(20)21-2/h6-7,10,12,15,19H,3-5,8-9,11H2,1-2H3. The number of hydrogen-bond acceptors (Lipinski definition) is 3. The van der Waals surface area contributed by atoms with Gasteiger partial charge < -0.3 is 10.1 Å². The van der Waals surface area contributed by atoms with Gasteiger partial charge in [0.15, 0.2) is 0 Å². The quantitative estimate of drug-likeness (QED) is 0.802. The van der Waals surface area contributed by atoms with Crippen LogP contribution >= 0.6 is 15.9 Å². The van der Waals surface area contributed by atoms with E-state index in [1.165, 1.54) is 44.8 Å². The summed E-state index contributed by atoms with van der Waals surface area (Å²) in [6.45, 7) is 3.13. The van der Waals surface area contributed by atoms with E-state index in [1.807, 2.05) is 18.2 Å². The highest BCUT2D eigenvalue weighted by Gasteiger charge is 2.19. The molecule has 21 heavy (non-hydrogen) atoms. The van der Waals surface area contributed by atoms with Gasteiger partial charge in [-0.3, -0.25) is 0 Å². The van der Waals surface area contributed by atoms with Crippen molar-refractivity contribution in [2.24, 2.45) is 5.92 Å². The van der Waals surface area contributed by atoms with E-state index in [4.69, 9.17) is 4.74 Å². The maximum atomic E-state index is 11.5. The minimum absolute atomic E-state index is 0.298. The van der Waals surface area contributed by atoms with Crippen molar-refractivity contribution in [3.8, 4) is 0 Å². The molecule has 1 aliphatic carbocycles. The Labute approximate surface area is 135 Å². The summed E-state index contributed by atoms with van der Waals surface area (Å²) in [5.74, 6) is 0.627. The summed E-state index contributed by atoms with van der Waals surface area (Å²) in [6.07, 6.45) is 6.55. The van der Waals surface area contributed by atoms with E-state index in [0.29, 0.717) is 11.6 Å². The number of rotatable bonds is 5. The van der Waals surface area contributed by atoms with E-state index in [-0.39, 0.29) is 5.97 Å². The molecule has 2 rings (SSSR count). The van der Waals surface area contributed by atoms with E-state index in [0.717, 1.165) is 16.9 Å². The lowest BCUT2D eigenvalue weighted by molar-refractivity contribution is 0.0600. The lowest BCUT2D eigenvalue weighted by Crippen LogP contribution is -2.32. The second-order valence-corrected chi connectivity index (χ2v) is 6.66. The molecule has 1 saturated carbocycles. The molecule has 1 aromatic carbocycles. The zero-order chi connectivity index (χ0) is 15.2. The summed E-state index contributed by atoms with van der Waals surface area (Å²) in [5, 5.41) is 3.64. The average molecular weight is 354 g/mol. The number of methoxy groups -OCH3 is 1. The van der Waals surface area contributed by atoms with E-state index in [1.54, 1.807) is 0 Å². The van der Waals surface area contributed by atoms with Crippen LogP contribution in [0.1, 0.15) is 54.9 Å². The fourth-order valence-electron chi connectivity index (χ4n) is 2.96. The Kier molecular flexibility index (Phi) is 6.24. The Balaban J connectivity index is 1.87. The third-order valence-corrected chi connectivity index (χ3v) is 5.22. The zero-order valence-electron chi connectivity index (χ0n) is 12.8. The molecule has 0 radical (unpaired) electrons. The topological polar surface area (TPSA) is 38.3 Å². The summed E-state index contributed by atoms with van der Waals surface area (Å²) < 4.78 is 5.69. The van der Waals surface area contributed by atoms with Gasteiger partial charge in [0.1, 0.15) is 0 Å². The molecule has 4 heteroatoms. The van der Waals surface area contributed by atoms with Gasteiger partial charge in [-0.15, -0.1) is 0 Å². The molecule has 0 aromatic heterocycles. The van der Waals surface area contributed by atoms with Gasteiger partial charge in [0.05, 0.1) is 12.7 Å². The Hall–Kier alpha value is -0.870. The first kappa shape index (κ1) is 16.5. The minimum atomic E-state index is -0.298. The van der Waals surface area contributed by atoms with Gasteiger partial charge in [-0.1, -0.05) is 35.3 Å². The van der Waals surface area contributed by atoms with Crippen LogP contribution in [-0.4, -0.2) is 19.1 Å². The van der Waals surface area contributed by atoms with E-state index >= 15 is 0 Å². The fourth-order valence-corrected chi connectivity index (χ4v) is 3.48. The predicted molar refractivity (Wildman–Crippen MR) is 88.4 cm³/mol. The summed E-state index contributed by atoms with van der Waals surface area (Å²) >= 11 is 3.54. The van der Waals surface area contributed by atoms with Gasteiger partial charge in [-0.2, -0.15) is 0 Å². The number of hydrogen-bond donors (Lipinski definition) is 1. The predicted octanol–water partition coefficient (Wildman–Crippen LogP) is 4.29. The first-order valence-electron chi connectivity index (χ1n) is 7.74. The highest BCUT2D eigenvalue weighted by molar-refractivity contribution is 9.10. The van der Waals surface area contributed by atoms with Crippen LogP contribution < -0.4 is 5.32 Å². The fraction of sp³-hybridized carbons (Fsp3) is 0.588. The molecular formula is C17H24BrNO2. The molecule has 0 aliphatic heterocycles. The first-order chi connectivity index (χ1) is 10.1. The highest BCUT2D eigenvalue weighted by atomic mass is 79.9. The summed E-state index contributed by atoms with van der Waals surface area (Å²) in [7, 11) is 1.40. The molecule has 0 heterocycles. The van der Waals surface area contributed by atoms with Crippen LogP contribution in [0.3, 0.4) is 0 Å². The van der Waals surface area contributed by atoms with Gasteiger partial charge >= 0.3 is 5.97 Å². The molecule has 0 saturated heterocycles. The average Bonchev–Trinajstić information content (AvgIpc) is 2.53. The maximum absolute atomic E-state index is 11.5. The summed E-state index contributed by atoms with van der Waals surface area (Å²) in [6, 6.07) is 6.26. The van der Waals surface area contributed by atoms with Crippen molar-refractivity contribution in [3.05, 3.63) is 33.8 Å². The Morgan fingerprint density at radius 3 is 2.62 bits per heavy atom. The largest absolute Gasteiger partial charge is 0.465 e. The van der Waals surface area contributed by atoms with Crippen molar-refractivity contribution in [3.63, 3.8) is 0 Å². The second-order valence-electron chi connectivity index (χ2n) is 5.80. The lowest BCUT2D eigenvalue weighted by atomic mass is 9.84. The smallest absolute Gasteiger partial charge is 0.337 e. The van der Waals surface area contributed by atoms with Crippen LogP contribution in [0.5, 0.6) is 0 Å². The van der Waals surface area contributed by atoms with Crippen LogP contribution in [0.15, 0.2) is 22.7 Å². The van der Waals surface area contributed by atoms with E-state index in [2.05, 4.69) is 28.2 Å². The molecule has 1 N–H and O–H groups in total.